The molecule has 2 aromatic heterocycles. The van der Waals surface area contributed by atoms with E-state index in [-0.39, 0.29) is 11.9 Å². The third-order valence-electron chi connectivity index (χ3n) is 2.76. The number of H-pyrrole nitrogens is 1. The first-order chi connectivity index (χ1) is 8.11. The van der Waals surface area contributed by atoms with E-state index in [0.717, 1.165) is 4.88 Å². The van der Waals surface area contributed by atoms with E-state index in [9.17, 15) is 4.79 Å². The van der Waals surface area contributed by atoms with E-state index in [1.54, 1.807) is 23.3 Å². The Balaban J connectivity index is 2.18. The number of hydrogen-bond donors (Lipinski definition) is 2. The van der Waals surface area contributed by atoms with Crippen LogP contribution in [0.1, 0.15) is 28.2 Å². The molecule has 2 heterocycles. The largest absolute Gasteiger partial charge is 0.383 e. The number of aromatic amines is 1. The lowest BCUT2D eigenvalue weighted by Crippen LogP contribution is -2.29. The van der Waals surface area contributed by atoms with Crippen LogP contribution in [0.25, 0.3) is 0 Å². The van der Waals surface area contributed by atoms with E-state index in [0.29, 0.717) is 11.4 Å². The maximum absolute atomic E-state index is 12.2. The van der Waals surface area contributed by atoms with Crippen molar-refractivity contribution in [2.75, 3.05) is 12.8 Å². The third kappa shape index (κ3) is 2.16. The van der Waals surface area contributed by atoms with Crippen LogP contribution in [0.15, 0.2) is 23.7 Å². The fourth-order valence-corrected chi connectivity index (χ4v) is 2.38. The number of thiophene rings is 1. The summed E-state index contributed by atoms with van der Waals surface area (Å²) in [6.45, 7) is 1.99. The fourth-order valence-electron chi connectivity index (χ4n) is 1.55. The molecule has 0 bridgehead atoms. The molecule has 0 radical (unpaired) electrons. The van der Waals surface area contributed by atoms with Crippen LogP contribution in [0.3, 0.4) is 0 Å². The van der Waals surface area contributed by atoms with Crippen molar-refractivity contribution >= 4 is 23.1 Å². The summed E-state index contributed by atoms with van der Waals surface area (Å²) >= 11 is 1.63. The highest BCUT2D eigenvalue weighted by molar-refractivity contribution is 7.10. The molecule has 0 spiro atoms. The number of rotatable bonds is 3. The van der Waals surface area contributed by atoms with Gasteiger partial charge in [-0.25, -0.2) is 0 Å². The Morgan fingerprint density at radius 3 is 2.94 bits per heavy atom. The van der Waals surface area contributed by atoms with E-state index in [1.807, 2.05) is 24.4 Å². The number of amides is 1. The summed E-state index contributed by atoms with van der Waals surface area (Å²) in [7, 11) is 1.76. The Kier molecular flexibility index (Phi) is 3.14. The maximum atomic E-state index is 12.2. The normalized spacial score (nSPS) is 12.4. The number of carbonyl (C=O) groups is 1. The zero-order valence-electron chi connectivity index (χ0n) is 9.68. The van der Waals surface area contributed by atoms with Gasteiger partial charge in [0.05, 0.1) is 12.2 Å². The molecule has 3 N–H and O–H groups in total. The van der Waals surface area contributed by atoms with Crippen LogP contribution in [0, 0.1) is 0 Å². The molecule has 90 valence electrons. The number of nitrogens with one attached hydrogen (secondary N) is 1. The minimum absolute atomic E-state index is 0.0248. The van der Waals surface area contributed by atoms with Crippen LogP contribution in [0.4, 0.5) is 5.82 Å². The van der Waals surface area contributed by atoms with Crippen molar-refractivity contribution in [1.29, 1.82) is 0 Å². The molecule has 2 rings (SSSR count). The van der Waals surface area contributed by atoms with Crippen molar-refractivity contribution in [3.63, 3.8) is 0 Å². The molecule has 0 aliphatic rings. The van der Waals surface area contributed by atoms with Gasteiger partial charge >= 0.3 is 0 Å². The Labute approximate surface area is 103 Å². The van der Waals surface area contributed by atoms with E-state index >= 15 is 0 Å². The van der Waals surface area contributed by atoms with Gasteiger partial charge in [0.25, 0.3) is 5.91 Å². The number of carbonyl (C=O) groups excluding carboxylic acids is 1. The van der Waals surface area contributed by atoms with Gasteiger partial charge in [-0.2, -0.15) is 5.10 Å². The van der Waals surface area contributed by atoms with Crippen molar-refractivity contribution < 1.29 is 4.79 Å². The summed E-state index contributed by atoms with van der Waals surface area (Å²) in [6.07, 6.45) is 1.45. The highest BCUT2D eigenvalue weighted by atomic mass is 32.1. The maximum Gasteiger partial charge on any atom is 0.259 e. The molecule has 1 unspecified atom stereocenters. The summed E-state index contributed by atoms with van der Waals surface area (Å²) < 4.78 is 0. The topological polar surface area (TPSA) is 75.0 Å². The third-order valence-corrected chi connectivity index (χ3v) is 3.80. The average molecular weight is 250 g/mol. The second-order valence-electron chi connectivity index (χ2n) is 3.80. The lowest BCUT2D eigenvalue weighted by Gasteiger charge is -2.23. The molecule has 1 atom stereocenters. The van der Waals surface area contributed by atoms with Crippen molar-refractivity contribution in [2.24, 2.45) is 0 Å². The first-order valence-corrected chi connectivity index (χ1v) is 6.08. The summed E-state index contributed by atoms with van der Waals surface area (Å²) in [5, 5.41) is 8.31. The number of hydrogen-bond acceptors (Lipinski definition) is 4. The van der Waals surface area contributed by atoms with Gasteiger partial charge in [0, 0.05) is 11.9 Å². The van der Waals surface area contributed by atoms with Crippen LogP contribution in [0.5, 0.6) is 0 Å². The standard InChI is InChI=1S/C11H14N4OS/c1-7(9-4-3-5-17-9)15(2)11(16)8-6-13-14-10(8)12/h3-7H,1-2H3,(H3,12,13,14). The predicted octanol–water partition coefficient (Wildman–Crippen LogP) is 1.89. The van der Waals surface area contributed by atoms with Crippen molar-refractivity contribution in [3.05, 3.63) is 34.2 Å². The summed E-state index contributed by atoms with van der Waals surface area (Å²) in [4.78, 5) is 15.0. The zero-order chi connectivity index (χ0) is 12.4. The van der Waals surface area contributed by atoms with Crippen molar-refractivity contribution in [2.45, 2.75) is 13.0 Å². The first-order valence-electron chi connectivity index (χ1n) is 5.20. The van der Waals surface area contributed by atoms with Crippen LogP contribution >= 0.6 is 11.3 Å². The van der Waals surface area contributed by atoms with Crippen molar-refractivity contribution in [1.82, 2.24) is 15.1 Å². The monoisotopic (exact) mass is 250 g/mol. The predicted molar refractivity (Wildman–Crippen MR) is 67.8 cm³/mol. The van der Waals surface area contributed by atoms with Crippen LogP contribution in [-0.2, 0) is 0 Å². The number of anilines is 1. The second kappa shape index (κ2) is 4.58. The Morgan fingerprint density at radius 2 is 2.41 bits per heavy atom. The zero-order valence-corrected chi connectivity index (χ0v) is 10.5. The summed E-state index contributed by atoms with van der Waals surface area (Å²) in [6, 6.07) is 4.01. The lowest BCUT2D eigenvalue weighted by atomic mass is 10.2. The van der Waals surface area contributed by atoms with Crippen molar-refractivity contribution in [3.8, 4) is 0 Å². The smallest absolute Gasteiger partial charge is 0.259 e. The van der Waals surface area contributed by atoms with Gasteiger partial charge in [0.1, 0.15) is 11.4 Å². The Hall–Kier alpha value is -1.82. The van der Waals surface area contributed by atoms with E-state index in [4.69, 9.17) is 5.73 Å². The van der Waals surface area contributed by atoms with E-state index in [2.05, 4.69) is 10.2 Å². The summed E-state index contributed by atoms with van der Waals surface area (Å²) in [5.74, 6) is 0.178. The molecular formula is C11H14N4OS. The molecule has 0 aliphatic heterocycles. The number of nitrogen functional groups attached to an aromatic ring is 1. The quantitative estimate of drug-likeness (QED) is 0.873. The van der Waals surface area contributed by atoms with E-state index in [1.165, 1.54) is 6.20 Å². The Bertz CT molecular complexity index is 505. The molecule has 2 aromatic rings. The molecule has 0 aromatic carbocycles. The highest BCUT2D eigenvalue weighted by Crippen LogP contribution is 2.25. The van der Waals surface area contributed by atoms with Crippen LogP contribution in [-0.4, -0.2) is 28.1 Å². The average Bonchev–Trinajstić information content (AvgIpc) is 2.96. The van der Waals surface area contributed by atoms with Gasteiger partial charge in [-0.05, 0) is 18.4 Å². The second-order valence-corrected chi connectivity index (χ2v) is 4.78. The number of aromatic nitrogens is 2. The molecule has 6 heteroatoms. The lowest BCUT2D eigenvalue weighted by molar-refractivity contribution is 0.0746. The van der Waals surface area contributed by atoms with Gasteiger partial charge < -0.3 is 10.6 Å². The molecule has 0 fully saturated rings. The van der Waals surface area contributed by atoms with Gasteiger partial charge in [0.15, 0.2) is 0 Å². The molecule has 0 aliphatic carbocycles. The summed E-state index contributed by atoms with van der Waals surface area (Å²) in [5.41, 5.74) is 6.05. The van der Waals surface area contributed by atoms with Gasteiger partial charge in [-0.1, -0.05) is 6.07 Å². The van der Waals surface area contributed by atoms with Gasteiger partial charge in [-0.3, -0.25) is 9.89 Å². The molecular weight excluding hydrogens is 236 g/mol. The molecule has 5 nitrogen and oxygen atoms in total. The molecule has 1 amide bonds. The number of nitrogens with two attached hydrogens (primary N) is 1. The van der Waals surface area contributed by atoms with Crippen LogP contribution in [0.2, 0.25) is 0 Å². The number of nitrogens with zero attached hydrogens (tertiary/aromatic N) is 2. The SMILES string of the molecule is CC(c1cccs1)N(C)C(=O)c1cn[nH]c1N. The van der Waals surface area contributed by atoms with Gasteiger partial charge in [-0.15, -0.1) is 11.3 Å². The Morgan fingerprint density at radius 1 is 1.65 bits per heavy atom. The van der Waals surface area contributed by atoms with Gasteiger partial charge in [0.2, 0.25) is 0 Å². The first kappa shape index (κ1) is 11.7. The minimum Gasteiger partial charge on any atom is -0.383 e. The molecule has 17 heavy (non-hydrogen) atoms. The molecule has 0 saturated carbocycles. The minimum atomic E-state index is -0.128. The molecule has 0 saturated heterocycles. The fraction of sp³-hybridized carbons (Fsp3) is 0.273. The highest BCUT2D eigenvalue weighted by Gasteiger charge is 2.22. The van der Waals surface area contributed by atoms with Crippen LogP contribution < -0.4 is 5.73 Å². The van der Waals surface area contributed by atoms with E-state index < -0.39 is 0 Å².